The monoisotopic (exact) mass is 350 g/mol. The average molecular weight is 351 g/mol. The van der Waals surface area contributed by atoms with Gasteiger partial charge < -0.3 is 0 Å². The second kappa shape index (κ2) is 7.19. The quantitative estimate of drug-likeness (QED) is 0.503. The lowest BCUT2D eigenvalue weighted by molar-refractivity contribution is 0.0985. The summed E-state index contributed by atoms with van der Waals surface area (Å²) in [6, 6.07) is 12.1. The van der Waals surface area contributed by atoms with Gasteiger partial charge in [0.2, 0.25) is 0 Å². The first-order valence-electron chi connectivity index (χ1n) is 7.08. The van der Waals surface area contributed by atoms with Gasteiger partial charge in [-0.05, 0) is 35.8 Å². The third-order valence-electron chi connectivity index (χ3n) is 3.26. The van der Waals surface area contributed by atoms with E-state index in [4.69, 9.17) is 0 Å². The van der Waals surface area contributed by atoms with Crippen LogP contribution in [-0.2, 0) is 0 Å². The van der Waals surface area contributed by atoms with Crippen LogP contribution in [0.4, 0.5) is 0 Å². The van der Waals surface area contributed by atoms with Crippen LogP contribution in [0.3, 0.4) is 0 Å². The van der Waals surface area contributed by atoms with Crippen molar-refractivity contribution < 1.29 is 4.79 Å². The maximum atomic E-state index is 12.2. The number of benzene rings is 1. The predicted molar refractivity (Wildman–Crippen MR) is 90.9 cm³/mol. The first-order chi connectivity index (χ1) is 9.75. The molecule has 3 rings (SSSR count). The van der Waals surface area contributed by atoms with Crippen molar-refractivity contribution in [1.29, 1.82) is 0 Å². The Bertz CT molecular complexity index is 541. The van der Waals surface area contributed by atoms with Crippen LogP contribution in [0.5, 0.6) is 0 Å². The zero-order valence-electron chi connectivity index (χ0n) is 11.8. The van der Waals surface area contributed by atoms with Crippen molar-refractivity contribution in [2.24, 2.45) is 5.92 Å². The van der Waals surface area contributed by atoms with Gasteiger partial charge in [0.05, 0.1) is 4.83 Å². The summed E-state index contributed by atoms with van der Waals surface area (Å²) in [6.07, 6.45) is 2.35. The van der Waals surface area contributed by atoms with E-state index in [1.807, 2.05) is 44.2 Å². The molecule has 1 aromatic heterocycles. The van der Waals surface area contributed by atoms with Crippen molar-refractivity contribution in [2.75, 3.05) is 0 Å². The van der Waals surface area contributed by atoms with Crippen LogP contribution in [-0.4, -0.2) is 10.6 Å². The molecule has 2 aromatic rings. The molecule has 1 aliphatic rings. The largest absolute Gasteiger partial charge is 0.293 e. The molecule has 1 atom stereocenters. The van der Waals surface area contributed by atoms with E-state index in [1.165, 1.54) is 23.3 Å². The Morgan fingerprint density at radius 2 is 1.85 bits per heavy atom. The average Bonchev–Trinajstić information content (AvgIpc) is 3.22. The van der Waals surface area contributed by atoms with Gasteiger partial charge in [0.15, 0.2) is 5.78 Å². The SMILES string of the molecule is CC.O=C(c1ccc(-c2cccs2)cc1)C(Br)C1CC1. The van der Waals surface area contributed by atoms with Crippen LogP contribution in [0.15, 0.2) is 41.8 Å². The van der Waals surface area contributed by atoms with Crippen molar-refractivity contribution in [3.63, 3.8) is 0 Å². The molecule has 0 bridgehead atoms. The van der Waals surface area contributed by atoms with Crippen LogP contribution in [0, 0.1) is 5.92 Å². The minimum atomic E-state index is 0.00471. The fourth-order valence-corrected chi connectivity index (χ4v) is 3.53. The van der Waals surface area contributed by atoms with Gasteiger partial charge in [-0.25, -0.2) is 0 Å². The third-order valence-corrected chi connectivity index (χ3v) is 5.34. The lowest BCUT2D eigenvalue weighted by Gasteiger charge is -2.07. The summed E-state index contributed by atoms with van der Waals surface area (Å²) in [7, 11) is 0. The van der Waals surface area contributed by atoms with E-state index in [1.54, 1.807) is 11.3 Å². The van der Waals surface area contributed by atoms with Crippen molar-refractivity contribution >= 4 is 33.0 Å². The number of hydrogen-bond donors (Lipinski definition) is 0. The summed E-state index contributed by atoms with van der Waals surface area (Å²) in [5.74, 6) is 0.768. The number of carbonyl (C=O) groups is 1. The summed E-state index contributed by atoms with van der Waals surface area (Å²) in [4.78, 5) is 13.4. The molecule has 0 N–H and O–H groups in total. The Balaban J connectivity index is 0.000000704. The molecule has 106 valence electrons. The van der Waals surface area contributed by atoms with Gasteiger partial charge in [0.1, 0.15) is 0 Å². The molecule has 3 heteroatoms. The standard InChI is InChI=1S/C15H13BrOS.C2H6/c16-14(11-5-6-11)15(17)12-7-3-10(4-8-12)13-2-1-9-18-13;1-2/h1-4,7-9,11,14H,5-6H2;1-2H3. The highest BCUT2D eigenvalue weighted by Gasteiger charge is 2.34. The van der Waals surface area contributed by atoms with Gasteiger partial charge in [0, 0.05) is 10.4 Å². The molecule has 0 amide bonds. The number of carbonyl (C=O) groups excluding carboxylic acids is 1. The highest BCUT2D eigenvalue weighted by molar-refractivity contribution is 9.10. The molecule has 1 nitrogen and oxygen atoms in total. The van der Waals surface area contributed by atoms with E-state index in [0.717, 1.165) is 5.56 Å². The number of halogens is 1. The molecule has 1 heterocycles. The van der Waals surface area contributed by atoms with E-state index in [0.29, 0.717) is 5.92 Å². The van der Waals surface area contributed by atoms with Crippen molar-refractivity contribution in [3.8, 4) is 10.4 Å². The number of thiophene rings is 1. The molecular weight excluding hydrogens is 332 g/mol. The van der Waals surface area contributed by atoms with Gasteiger partial charge >= 0.3 is 0 Å². The number of Topliss-reactive ketones (excluding diaryl/α,β-unsaturated/α-hetero) is 1. The molecule has 1 unspecified atom stereocenters. The number of hydrogen-bond acceptors (Lipinski definition) is 2. The van der Waals surface area contributed by atoms with Crippen LogP contribution in [0.2, 0.25) is 0 Å². The Hall–Kier alpha value is -0.930. The smallest absolute Gasteiger partial charge is 0.176 e. The van der Waals surface area contributed by atoms with Gasteiger partial charge in [0.25, 0.3) is 0 Å². The summed E-state index contributed by atoms with van der Waals surface area (Å²) in [6.45, 7) is 4.00. The van der Waals surface area contributed by atoms with E-state index < -0.39 is 0 Å². The van der Waals surface area contributed by atoms with Gasteiger partial charge in [-0.1, -0.05) is 60.1 Å². The minimum Gasteiger partial charge on any atom is -0.293 e. The van der Waals surface area contributed by atoms with Crippen molar-refractivity contribution in [2.45, 2.75) is 31.5 Å². The van der Waals surface area contributed by atoms with Crippen LogP contribution < -0.4 is 0 Å². The van der Waals surface area contributed by atoms with E-state index in [-0.39, 0.29) is 10.6 Å². The van der Waals surface area contributed by atoms with E-state index in [9.17, 15) is 4.79 Å². The molecule has 0 spiro atoms. The van der Waals surface area contributed by atoms with E-state index >= 15 is 0 Å². The second-order valence-corrected chi connectivity index (χ2v) is 6.59. The lowest BCUT2D eigenvalue weighted by atomic mass is 10.0. The Morgan fingerprint density at radius 1 is 1.20 bits per heavy atom. The molecule has 1 fully saturated rings. The molecule has 1 aliphatic carbocycles. The molecule has 20 heavy (non-hydrogen) atoms. The zero-order chi connectivity index (χ0) is 14.5. The van der Waals surface area contributed by atoms with Gasteiger partial charge in [-0.2, -0.15) is 0 Å². The molecular formula is C17H19BrOS. The Kier molecular flexibility index (Phi) is 5.55. The lowest BCUT2D eigenvalue weighted by Crippen LogP contribution is -2.15. The van der Waals surface area contributed by atoms with Crippen LogP contribution >= 0.6 is 27.3 Å². The van der Waals surface area contributed by atoms with Crippen LogP contribution in [0.1, 0.15) is 37.0 Å². The molecule has 0 aliphatic heterocycles. The Morgan fingerprint density at radius 3 is 2.35 bits per heavy atom. The summed E-state index contributed by atoms with van der Waals surface area (Å²) < 4.78 is 0. The molecule has 0 radical (unpaired) electrons. The zero-order valence-corrected chi connectivity index (χ0v) is 14.2. The minimum absolute atomic E-state index is 0.00471. The van der Waals surface area contributed by atoms with Gasteiger partial charge in [-0.3, -0.25) is 4.79 Å². The maximum Gasteiger partial charge on any atom is 0.176 e. The highest BCUT2D eigenvalue weighted by Crippen LogP contribution is 2.38. The number of alkyl halides is 1. The van der Waals surface area contributed by atoms with Crippen molar-refractivity contribution in [1.82, 2.24) is 0 Å². The second-order valence-electron chi connectivity index (χ2n) is 4.66. The first-order valence-corrected chi connectivity index (χ1v) is 8.87. The predicted octanol–water partition coefficient (Wildman–Crippen LogP) is 5.80. The first kappa shape index (κ1) is 15.5. The fraction of sp³-hybridized carbons (Fsp3) is 0.353. The maximum absolute atomic E-state index is 12.2. The number of ketones is 1. The summed E-state index contributed by atoms with van der Waals surface area (Å²) >= 11 is 5.23. The molecule has 1 aromatic carbocycles. The Labute approximate surface area is 133 Å². The molecule has 0 saturated heterocycles. The van der Waals surface area contributed by atoms with Crippen LogP contribution in [0.25, 0.3) is 10.4 Å². The summed E-state index contributed by atoms with van der Waals surface area (Å²) in [5.41, 5.74) is 1.99. The normalized spacial score (nSPS) is 15.2. The van der Waals surface area contributed by atoms with Gasteiger partial charge in [-0.15, -0.1) is 11.3 Å². The number of rotatable bonds is 4. The van der Waals surface area contributed by atoms with E-state index in [2.05, 4.69) is 27.4 Å². The third kappa shape index (κ3) is 3.58. The van der Waals surface area contributed by atoms with Crippen molar-refractivity contribution in [3.05, 3.63) is 47.3 Å². The topological polar surface area (TPSA) is 17.1 Å². The molecule has 1 saturated carbocycles. The summed E-state index contributed by atoms with van der Waals surface area (Å²) in [5, 5.41) is 2.07. The highest BCUT2D eigenvalue weighted by atomic mass is 79.9. The fourth-order valence-electron chi connectivity index (χ4n) is 2.00.